The van der Waals surface area contributed by atoms with Crippen molar-refractivity contribution in [3.05, 3.63) is 0 Å². The fraction of sp³-hybridized carbons (Fsp3) is 1.00. The fourth-order valence-corrected chi connectivity index (χ4v) is 3.12. The maximum atomic E-state index is 5.89. The van der Waals surface area contributed by atoms with E-state index in [4.69, 9.17) is 4.74 Å². The summed E-state index contributed by atoms with van der Waals surface area (Å²) in [5, 5.41) is 3.51. The second-order valence-electron chi connectivity index (χ2n) is 7.22. The molecule has 0 aromatic rings. The Balaban J connectivity index is 2.43. The van der Waals surface area contributed by atoms with E-state index < -0.39 is 0 Å². The van der Waals surface area contributed by atoms with Crippen LogP contribution in [0.1, 0.15) is 60.3 Å². The number of hydrogen-bond acceptors (Lipinski definition) is 2. The molecule has 1 N–H and O–H groups in total. The Morgan fingerprint density at radius 3 is 2.39 bits per heavy atom. The lowest BCUT2D eigenvalue weighted by Crippen LogP contribution is -2.40. The number of hydrogen-bond donors (Lipinski definition) is 1. The lowest BCUT2D eigenvalue weighted by atomic mass is 9.72. The minimum Gasteiger partial charge on any atom is -0.376 e. The highest BCUT2D eigenvalue weighted by atomic mass is 16.5. The van der Waals surface area contributed by atoms with E-state index in [1.54, 1.807) is 0 Å². The molecule has 0 aromatic heterocycles. The van der Waals surface area contributed by atoms with E-state index in [1.807, 2.05) is 0 Å². The van der Waals surface area contributed by atoms with E-state index >= 15 is 0 Å². The first kappa shape index (κ1) is 16.0. The Morgan fingerprint density at radius 2 is 1.89 bits per heavy atom. The molecule has 3 unspecified atom stereocenters. The Kier molecular flexibility index (Phi) is 6.13. The van der Waals surface area contributed by atoms with Gasteiger partial charge in [-0.15, -0.1) is 0 Å². The summed E-state index contributed by atoms with van der Waals surface area (Å²) in [6.45, 7) is 12.1. The third kappa shape index (κ3) is 5.27. The Morgan fingerprint density at radius 1 is 1.22 bits per heavy atom. The molecule has 0 saturated heterocycles. The molecule has 18 heavy (non-hydrogen) atoms. The van der Waals surface area contributed by atoms with Crippen LogP contribution in [0.5, 0.6) is 0 Å². The minimum absolute atomic E-state index is 0.00125. The summed E-state index contributed by atoms with van der Waals surface area (Å²) in [4.78, 5) is 0. The van der Waals surface area contributed by atoms with Gasteiger partial charge in [0.1, 0.15) is 0 Å². The second-order valence-corrected chi connectivity index (χ2v) is 7.22. The van der Waals surface area contributed by atoms with Gasteiger partial charge in [-0.2, -0.15) is 0 Å². The highest BCUT2D eigenvalue weighted by Gasteiger charge is 2.30. The highest BCUT2D eigenvalue weighted by Crippen LogP contribution is 2.35. The smallest absolute Gasteiger partial charge is 0.0598 e. The first-order valence-corrected chi connectivity index (χ1v) is 7.64. The molecule has 1 rings (SSSR count). The van der Waals surface area contributed by atoms with E-state index in [-0.39, 0.29) is 5.60 Å². The van der Waals surface area contributed by atoms with Gasteiger partial charge in [0.05, 0.1) is 5.60 Å². The molecule has 0 aliphatic heterocycles. The van der Waals surface area contributed by atoms with E-state index in [9.17, 15) is 0 Å². The molecule has 0 heterocycles. The van der Waals surface area contributed by atoms with Crippen molar-refractivity contribution in [2.75, 3.05) is 13.7 Å². The van der Waals surface area contributed by atoms with Crippen LogP contribution in [0.4, 0.5) is 0 Å². The van der Waals surface area contributed by atoms with Crippen molar-refractivity contribution in [1.29, 1.82) is 0 Å². The van der Waals surface area contributed by atoms with E-state index in [0.717, 1.165) is 24.4 Å². The molecular weight excluding hydrogens is 222 g/mol. The van der Waals surface area contributed by atoms with Gasteiger partial charge < -0.3 is 10.1 Å². The Labute approximate surface area is 114 Å². The van der Waals surface area contributed by atoms with Crippen molar-refractivity contribution < 1.29 is 4.74 Å². The van der Waals surface area contributed by atoms with Crippen molar-refractivity contribution in [2.24, 2.45) is 17.8 Å². The monoisotopic (exact) mass is 255 g/mol. The molecule has 0 aromatic carbocycles. The van der Waals surface area contributed by atoms with Crippen LogP contribution in [-0.2, 0) is 4.74 Å². The van der Waals surface area contributed by atoms with Crippen LogP contribution < -0.4 is 5.32 Å². The second kappa shape index (κ2) is 6.91. The van der Waals surface area contributed by atoms with Gasteiger partial charge in [0.25, 0.3) is 0 Å². The van der Waals surface area contributed by atoms with Gasteiger partial charge in [-0.3, -0.25) is 0 Å². The predicted octanol–water partition coefficient (Wildman–Crippen LogP) is 3.85. The molecule has 0 bridgehead atoms. The average Bonchev–Trinajstić information content (AvgIpc) is 2.27. The molecule has 1 fully saturated rings. The lowest BCUT2D eigenvalue weighted by molar-refractivity contribution is -0.0152. The molecular formula is C16H33NO. The lowest BCUT2D eigenvalue weighted by Gasteiger charge is -2.38. The van der Waals surface area contributed by atoms with Crippen LogP contribution in [0.25, 0.3) is 0 Å². The molecule has 0 spiro atoms. The normalized spacial score (nSPS) is 29.8. The molecule has 0 radical (unpaired) electrons. The summed E-state index contributed by atoms with van der Waals surface area (Å²) in [6.07, 6.45) is 5.29. The van der Waals surface area contributed by atoms with Gasteiger partial charge in [-0.1, -0.05) is 13.8 Å². The van der Waals surface area contributed by atoms with Crippen molar-refractivity contribution >= 4 is 0 Å². The van der Waals surface area contributed by atoms with Gasteiger partial charge in [0, 0.05) is 12.6 Å². The van der Waals surface area contributed by atoms with Crippen LogP contribution in [-0.4, -0.2) is 25.3 Å². The van der Waals surface area contributed by atoms with Gasteiger partial charge in [-0.25, -0.2) is 0 Å². The van der Waals surface area contributed by atoms with E-state index in [2.05, 4.69) is 47.0 Å². The zero-order valence-corrected chi connectivity index (χ0v) is 13.3. The summed E-state index contributed by atoms with van der Waals surface area (Å²) >= 11 is 0. The van der Waals surface area contributed by atoms with Crippen LogP contribution in [0.3, 0.4) is 0 Å². The van der Waals surface area contributed by atoms with Crippen LogP contribution >= 0.6 is 0 Å². The minimum atomic E-state index is 0.00125. The topological polar surface area (TPSA) is 21.3 Å². The molecule has 108 valence electrons. The maximum absolute atomic E-state index is 5.89. The van der Waals surface area contributed by atoms with Crippen LogP contribution in [0.2, 0.25) is 0 Å². The maximum Gasteiger partial charge on any atom is 0.0598 e. The standard InChI is InChI=1S/C16H33NO/c1-12(2)13-7-8-15(17-6)14(11-13)9-10-18-16(3,4)5/h12-15,17H,7-11H2,1-6H3. The SMILES string of the molecule is CNC1CCC(C(C)C)CC1CCOC(C)(C)C. The van der Waals surface area contributed by atoms with Crippen LogP contribution in [0, 0.1) is 17.8 Å². The van der Waals surface area contributed by atoms with Gasteiger partial charge in [0.15, 0.2) is 0 Å². The third-order valence-corrected chi connectivity index (χ3v) is 4.36. The Hall–Kier alpha value is -0.0800. The van der Waals surface area contributed by atoms with Gasteiger partial charge >= 0.3 is 0 Å². The quantitative estimate of drug-likeness (QED) is 0.805. The largest absolute Gasteiger partial charge is 0.376 e. The summed E-state index contributed by atoms with van der Waals surface area (Å²) in [5.41, 5.74) is 0.00125. The zero-order chi connectivity index (χ0) is 13.8. The number of rotatable bonds is 5. The predicted molar refractivity (Wildman–Crippen MR) is 78.8 cm³/mol. The zero-order valence-electron chi connectivity index (χ0n) is 13.3. The van der Waals surface area contributed by atoms with E-state index in [1.165, 1.54) is 25.7 Å². The summed E-state index contributed by atoms with van der Waals surface area (Å²) in [6, 6.07) is 0.698. The summed E-state index contributed by atoms with van der Waals surface area (Å²) in [7, 11) is 2.11. The van der Waals surface area contributed by atoms with Crippen molar-refractivity contribution in [3.8, 4) is 0 Å². The number of nitrogens with one attached hydrogen (secondary N) is 1. The summed E-state index contributed by atoms with van der Waals surface area (Å²) < 4.78 is 5.89. The molecule has 3 atom stereocenters. The Bertz CT molecular complexity index is 232. The third-order valence-electron chi connectivity index (χ3n) is 4.36. The molecule has 1 aliphatic rings. The molecule has 1 aliphatic carbocycles. The number of ether oxygens (including phenoxy) is 1. The summed E-state index contributed by atoms with van der Waals surface area (Å²) in [5.74, 6) is 2.53. The van der Waals surface area contributed by atoms with Crippen molar-refractivity contribution in [1.82, 2.24) is 5.32 Å². The van der Waals surface area contributed by atoms with E-state index in [0.29, 0.717) is 6.04 Å². The van der Waals surface area contributed by atoms with Crippen molar-refractivity contribution in [3.63, 3.8) is 0 Å². The fourth-order valence-electron chi connectivity index (χ4n) is 3.12. The average molecular weight is 255 g/mol. The van der Waals surface area contributed by atoms with Crippen molar-refractivity contribution in [2.45, 2.75) is 71.9 Å². The first-order valence-electron chi connectivity index (χ1n) is 7.64. The molecule has 1 saturated carbocycles. The van der Waals surface area contributed by atoms with Gasteiger partial charge in [0.2, 0.25) is 0 Å². The first-order chi connectivity index (χ1) is 8.33. The molecule has 2 nitrogen and oxygen atoms in total. The molecule has 2 heteroatoms. The van der Waals surface area contributed by atoms with Crippen LogP contribution in [0.15, 0.2) is 0 Å². The van der Waals surface area contributed by atoms with Gasteiger partial charge in [-0.05, 0) is 71.3 Å². The highest BCUT2D eigenvalue weighted by molar-refractivity contribution is 4.85. The molecule has 0 amide bonds.